The molecule has 1 spiro atoms. The van der Waals surface area contributed by atoms with E-state index in [0.29, 0.717) is 6.10 Å². The lowest BCUT2D eigenvalue weighted by Crippen LogP contribution is -2.61. The van der Waals surface area contributed by atoms with Gasteiger partial charge in [0.1, 0.15) is 0 Å². The van der Waals surface area contributed by atoms with E-state index in [2.05, 4.69) is 0 Å². The molecule has 2 atom stereocenters. The van der Waals surface area contributed by atoms with Gasteiger partial charge in [0.15, 0.2) is 0 Å². The van der Waals surface area contributed by atoms with Crippen LogP contribution in [-0.2, 0) is 4.74 Å². The highest BCUT2D eigenvalue weighted by molar-refractivity contribution is 5.08. The summed E-state index contributed by atoms with van der Waals surface area (Å²) in [6.07, 6.45) is 4.77. The minimum absolute atomic E-state index is 0.0637. The molecule has 0 amide bonds. The number of rotatable bonds is 1. The minimum Gasteiger partial charge on any atom is -0.392 e. The third-order valence-corrected chi connectivity index (χ3v) is 3.31. The standard InChI is InChI=1S/C8H14O2/c1-10-7-5-6(9)8(7)3-2-4-8/h6-7,9H,2-5H2,1H3/t6-,7-/m0/s1. The van der Waals surface area contributed by atoms with Gasteiger partial charge in [-0.3, -0.25) is 0 Å². The Kier molecular flexibility index (Phi) is 1.29. The highest BCUT2D eigenvalue weighted by Crippen LogP contribution is 2.56. The number of hydrogen-bond acceptors (Lipinski definition) is 2. The predicted molar refractivity (Wildman–Crippen MR) is 37.7 cm³/mol. The van der Waals surface area contributed by atoms with Crippen LogP contribution in [-0.4, -0.2) is 24.4 Å². The van der Waals surface area contributed by atoms with Crippen LogP contribution in [0.4, 0.5) is 0 Å². The molecule has 0 heterocycles. The molecule has 58 valence electrons. The maximum absolute atomic E-state index is 9.44. The Labute approximate surface area is 61.2 Å². The topological polar surface area (TPSA) is 29.5 Å². The quantitative estimate of drug-likeness (QED) is 0.590. The largest absolute Gasteiger partial charge is 0.392 e. The average Bonchev–Trinajstić information content (AvgIpc) is 1.78. The molecule has 2 nitrogen and oxygen atoms in total. The average molecular weight is 142 g/mol. The Morgan fingerprint density at radius 1 is 1.50 bits per heavy atom. The minimum atomic E-state index is -0.0637. The van der Waals surface area contributed by atoms with Gasteiger partial charge in [0.2, 0.25) is 0 Å². The monoisotopic (exact) mass is 142 g/mol. The van der Waals surface area contributed by atoms with Gasteiger partial charge in [-0.2, -0.15) is 0 Å². The Morgan fingerprint density at radius 3 is 2.40 bits per heavy atom. The van der Waals surface area contributed by atoms with Crippen LogP contribution in [0.3, 0.4) is 0 Å². The molecule has 2 saturated carbocycles. The number of ether oxygens (including phenoxy) is 1. The molecule has 1 N–H and O–H groups in total. The summed E-state index contributed by atoms with van der Waals surface area (Å²) < 4.78 is 5.25. The van der Waals surface area contributed by atoms with E-state index in [1.807, 2.05) is 0 Å². The lowest BCUT2D eigenvalue weighted by atomic mass is 9.52. The molecular formula is C8H14O2. The lowest BCUT2D eigenvalue weighted by molar-refractivity contribution is -0.217. The van der Waals surface area contributed by atoms with Gasteiger partial charge in [-0.15, -0.1) is 0 Å². The molecule has 0 aliphatic heterocycles. The molecule has 2 aliphatic carbocycles. The Hall–Kier alpha value is -0.0800. The van der Waals surface area contributed by atoms with Crippen molar-refractivity contribution >= 4 is 0 Å². The van der Waals surface area contributed by atoms with Crippen LogP contribution in [0.5, 0.6) is 0 Å². The smallest absolute Gasteiger partial charge is 0.0677 e. The van der Waals surface area contributed by atoms with Crippen molar-refractivity contribution in [3.63, 3.8) is 0 Å². The maximum atomic E-state index is 9.44. The summed E-state index contributed by atoms with van der Waals surface area (Å²) in [5.74, 6) is 0. The fourth-order valence-electron chi connectivity index (χ4n) is 2.30. The molecule has 10 heavy (non-hydrogen) atoms. The first-order valence-corrected chi connectivity index (χ1v) is 4.00. The zero-order chi connectivity index (χ0) is 7.19. The zero-order valence-electron chi connectivity index (χ0n) is 6.34. The van der Waals surface area contributed by atoms with E-state index in [1.54, 1.807) is 7.11 Å². The molecule has 2 rings (SSSR count). The van der Waals surface area contributed by atoms with Gasteiger partial charge in [-0.25, -0.2) is 0 Å². The van der Waals surface area contributed by atoms with Crippen molar-refractivity contribution in [1.82, 2.24) is 0 Å². The van der Waals surface area contributed by atoms with Crippen LogP contribution in [0.25, 0.3) is 0 Å². The van der Waals surface area contributed by atoms with Crippen molar-refractivity contribution in [2.24, 2.45) is 5.41 Å². The van der Waals surface area contributed by atoms with Crippen LogP contribution in [0.15, 0.2) is 0 Å². The normalized spacial score (nSPS) is 42.6. The second-order valence-electron chi connectivity index (χ2n) is 3.56. The first-order chi connectivity index (χ1) is 4.79. The molecule has 0 unspecified atom stereocenters. The third kappa shape index (κ3) is 0.565. The molecular weight excluding hydrogens is 128 g/mol. The van der Waals surface area contributed by atoms with Crippen molar-refractivity contribution < 1.29 is 9.84 Å². The number of aliphatic hydroxyl groups is 1. The molecule has 0 radical (unpaired) electrons. The molecule has 2 aliphatic rings. The SMILES string of the molecule is CO[C@H]1C[C@H](O)C12CCC2. The first-order valence-electron chi connectivity index (χ1n) is 4.00. The second kappa shape index (κ2) is 1.95. The van der Waals surface area contributed by atoms with Crippen LogP contribution in [0.1, 0.15) is 25.7 Å². The van der Waals surface area contributed by atoms with Gasteiger partial charge in [-0.1, -0.05) is 6.42 Å². The van der Waals surface area contributed by atoms with Gasteiger partial charge in [0, 0.05) is 18.9 Å². The van der Waals surface area contributed by atoms with Crippen molar-refractivity contribution in [2.75, 3.05) is 7.11 Å². The highest BCUT2D eigenvalue weighted by Gasteiger charge is 2.58. The first kappa shape index (κ1) is 6.62. The molecule has 0 bridgehead atoms. The van der Waals surface area contributed by atoms with Crippen molar-refractivity contribution in [3.05, 3.63) is 0 Å². The Bertz CT molecular complexity index is 140. The molecule has 2 fully saturated rings. The van der Waals surface area contributed by atoms with E-state index in [0.717, 1.165) is 6.42 Å². The van der Waals surface area contributed by atoms with Gasteiger partial charge in [0.25, 0.3) is 0 Å². The number of hydrogen-bond donors (Lipinski definition) is 1. The fraction of sp³-hybridized carbons (Fsp3) is 1.00. The van der Waals surface area contributed by atoms with Crippen LogP contribution >= 0.6 is 0 Å². The summed E-state index contributed by atoms with van der Waals surface area (Å²) in [6, 6.07) is 0. The summed E-state index contributed by atoms with van der Waals surface area (Å²) in [6.45, 7) is 0. The van der Waals surface area contributed by atoms with Crippen molar-refractivity contribution in [2.45, 2.75) is 37.9 Å². The van der Waals surface area contributed by atoms with Crippen LogP contribution in [0.2, 0.25) is 0 Å². The lowest BCUT2D eigenvalue weighted by Gasteiger charge is -2.58. The summed E-state index contributed by atoms with van der Waals surface area (Å²) in [5.41, 5.74) is 0.203. The predicted octanol–water partition coefficient (Wildman–Crippen LogP) is 0.936. The van der Waals surface area contributed by atoms with Crippen LogP contribution < -0.4 is 0 Å². The molecule has 2 heteroatoms. The van der Waals surface area contributed by atoms with E-state index in [-0.39, 0.29) is 11.5 Å². The zero-order valence-corrected chi connectivity index (χ0v) is 6.34. The molecule has 0 aromatic carbocycles. The van der Waals surface area contributed by atoms with E-state index in [1.165, 1.54) is 19.3 Å². The highest BCUT2D eigenvalue weighted by atomic mass is 16.5. The van der Waals surface area contributed by atoms with E-state index >= 15 is 0 Å². The summed E-state index contributed by atoms with van der Waals surface area (Å²) in [5, 5.41) is 9.44. The molecule has 0 aromatic heterocycles. The summed E-state index contributed by atoms with van der Waals surface area (Å²) in [7, 11) is 1.75. The fourth-order valence-corrected chi connectivity index (χ4v) is 2.30. The molecule has 0 aromatic rings. The summed E-state index contributed by atoms with van der Waals surface area (Å²) in [4.78, 5) is 0. The van der Waals surface area contributed by atoms with Crippen LogP contribution in [0, 0.1) is 5.41 Å². The van der Waals surface area contributed by atoms with E-state index < -0.39 is 0 Å². The maximum Gasteiger partial charge on any atom is 0.0677 e. The number of aliphatic hydroxyl groups excluding tert-OH is 1. The van der Waals surface area contributed by atoms with Gasteiger partial charge in [-0.05, 0) is 12.8 Å². The van der Waals surface area contributed by atoms with Gasteiger partial charge in [0.05, 0.1) is 12.2 Å². The van der Waals surface area contributed by atoms with E-state index in [9.17, 15) is 5.11 Å². The van der Waals surface area contributed by atoms with Gasteiger partial charge >= 0.3 is 0 Å². The molecule has 0 saturated heterocycles. The van der Waals surface area contributed by atoms with Crippen molar-refractivity contribution in [3.8, 4) is 0 Å². The number of methoxy groups -OCH3 is 1. The Morgan fingerprint density at radius 2 is 2.20 bits per heavy atom. The van der Waals surface area contributed by atoms with E-state index in [4.69, 9.17) is 4.74 Å². The van der Waals surface area contributed by atoms with Crippen molar-refractivity contribution in [1.29, 1.82) is 0 Å². The Balaban J connectivity index is 2.03. The second-order valence-corrected chi connectivity index (χ2v) is 3.56. The summed E-state index contributed by atoms with van der Waals surface area (Å²) >= 11 is 0. The van der Waals surface area contributed by atoms with Gasteiger partial charge < -0.3 is 9.84 Å². The third-order valence-electron chi connectivity index (χ3n) is 3.31.